The van der Waals surface area contributed by atoms with E-state index in [4.69, 9.17) is 0 Å². The standard InChI is InChI=1S/C14H19N7/c1-8-5-13-15-6-12(11(4)21(13)20-8)9(2)18-10(3)14-16-7-17-19-14/h5-7,9-10,18H,1-4H3,(H,16,17,19). The van der Waals surface area contributed by atoms with Crippen molar-refractivity contribution in [2.75, 3.05) is 0 Å². The number of hydrogen-bond acceptors (Lipinski definition) is 5. The van der Waals surface area contributed by atoms with Crippen LogP contribution in [0.3, 0.4) is 0 Å². The lowest BCUT2D eigenvalue weighted by atomic mass is 10.1. The van der Waals surface area contributed by atoms with Crippen LogP contribution < -0.4 is 5.32 Å². The number of aryl methyl sites for hydroxylation is 2. The van der Waals surface area contributed by atoms with E-state index in [1.165, 1.54) is 6.33 Å². The Bertz CT molecular complexity index is 744. The Morgan fingerprint density at radius 3 is 2.71 bits per heavy atom. The summed E-state index contributed by atoms with van der Waals surface area (Å²) in [7, 11) is 0. The first-order chi connectivity index (χ1) is 10.1. The van der Waals surface area contributed by atoms with Gasteiger partial charge in [-0.1, -0.05) is 0 Å². The number of rotatable bonds is 4. The van der Waals surface area contributed by atoms with Crippen molar-refractivity contribution in [2.24, 2.45) is 0 Å². The third-order valence-electron chi connectivity index (χ3n) is 3.69. The molecule has 0 saturated heterocycles. The second-order valence-corrected chi connectivity index (χ2v) is 5.34. The number of aromatic nitrogens is 6. The van der Waals surface area contributed by atoms with Crippen molar-refractivity contribution >= 4 is 5.65 Å². The molecular formula is C14H19N7. The van der Waals surface area contributed by atoms with E-state index in [1.54, 1.807) is 0 Å². The van der Waals surface area contributed by atoms with Gasteiger partial charge < -0.3 is 5.32 Å². The molecule has 3 aromatic rings. The molecule has 3 aromatic heterocycles. The molecule has 0 aliphatic rings. The molecule has 0 aromatic carbocycles. The van der Waals surface area contributed by atoms with Gasteiger partial charge in [-0.2, -0.15) is 10.2 Å². The van der Waals surface area contributed by atoms with Gasteiger partial charge in [0.15, 0.2) is 5.65 Å². The molecule has 7 nitrogen and oxygen atoms in total. The molecule has 0 aliphatic heterocycles. The van der Waals surface area contributed by atoms with E-state index >= 15 is 0 Å². The predicted octanol–water partition coefficient (Wildman–Crippen LogP) is 1.88. The third-order valence-corrected chi connectivity index (χ3v) is 3.69. The first-order valence-electron chi connectivity index (χ1n) is 6.99. The molecule has 21 heavy (non-hydrogen) atoms. The zero-order valence-corrected chi connectivity index (χ0v) is 12.6. The summed E-state index contributed by atoms with van der Waals surface area (Å²) in [6.07, 6.45) is 3.43. The van der Waals surface area contributed by atoms with Crippen LogP contribution >= 0.6 is 0 Å². The monoisotopic (exact) mass is 285 g/mol. The van der Waals surface area contributed by atoms with Crippen LogP contribution in [0, 0.1) is 13.8 Å². The minimum Gasteiger partial charge on any atom is -0.301 e. The summed E-state index contributed by atoms with van der Waals surface area (Å²) >= 11 is 0. The summed E-state index contributed by atoms with van der Waals surface area (Å²) < 4.78 is 1.89. The van der Waals surface area contributed by atoms with Crippen LogP contribution in [0.15, 0.2) is 18.6 Å². The van der Waals surface area contributed by atoms with Crippen LogP contribution in [0.25, 0.3) is 5.65 Å². The highest BCUT2D eigenvalue weighted by atomic mass is 15.3. The largest absolute Gasteiger partial charge is 0.301 e. The van der Waals surface area contributed by atoms with Crippen molar-refractivity contribution in [3.8, 4) is 0 Å². The van der Waals surface area contributed by atoms with Gasteiger partial charge in [-0.25, -0.2) is 14.5 Å². The van der Waals surface area contributed by atoms with Gasteiger partial charge in [0.05, 0.1) is 11.7 Å². The van der Waals surface area contributed by atoms with Crippen molar-refractivity contribution in [2.45, 2.75) is 39.8 Å². The molecule has 3 heterocycles. The Morgan fingerprint density at radius 2 is 2.00 bits per heavy atom. The number of aromatic amines is 1. The quantitative estimate of drug-likeness (QED) is 0.764. The molecule has 0 saturated carbocycles. The molecule has 0 bridgehead atoms. The van der Waals surface area contributed by atoms with Crippen molar-refractivity contribution in [3.05, 3.63) is 41.4 Å². The lowest BCUT2D eigenvalue weighted by Gasteiger charge is -2.20. The summed E-state index contributed by atoms with van der Waals surface area (Å²) in [5.74, 6) is 0.823. The van der Waals surface area contributed by atoms with E-state index in [0.29, 0.717) is 0 Å². The Morgan fingerprint density at radius 1 is 1.19 bits per heavy atom. The Labute approximate surface area is 122 Å². The molecule has 2 atom stereocenters. The first kappa shape index (κ1) is 13.7. The maximum Gasteiger partial charge on any atom is 0.155 e. The van der Waals surface area contributed by atoms with Crippen LogP contribution in [0.5, 0.6) is 0 Å². The Kier molecular flexibility index (Phi) is 3.42. The van der Waals surface area contributed by atoms with Gasteiger partial charge in [-0.15, -0.1) is 0 Å². The van der Waals surface area contributed by atoms with Crippen LogP contribution in [0.2, 0.25) is 0 Å². The van der Waals surface area contributed by atoms with E-state index in [0.717, 1.165) is 28.4 Å². The van der Waals surface area contributed by atoms with Crippen molar-refractivity contribution < 1.29 is 0 Å². The Balaban J connectivity index is 1.87. The number of hydrogen-bond donors (Lipinski definition) is 2. The molecule has 2 N–H and O–H groups in total. The highest BCUT2D eigenvalue weighted by Gasteiger charge is 2.17. The molecule has 110 valence electrons. The molecule has 0 fully saturated rings. The first-order valence-corrected chi connectivity index (χ1v) is 6.99. The molecule has 2 unspecified atom stereocenters. The number of nitrogens with zero attached hydrogens (tertiary/aromatic N) is 5. The number of nitrogens with one attached hydrogen (secondary N) is 2. The second kappa shape index (κ2) is 5.25. The fourth-order valence-corrected chi connectivity index (χ4v) is 2.57. The van der Waals surface area contributed by atoms with E-state index < -0.39 is 0 Å². The lowest BCUT2D eigenvalue weighted by molar-refractivity contribution is 0.473. The van der Waals surface area contributed by atoms with Crippen LogP contribution in [-0.4, -0.2) is 29.8 Å². The normalized spacial score (nSPS) is 14.5. The fourth-order valence-electron chi connectivity index (χ4n) is 2.57. The van der Waals surface area contributed by atoms with Gasteiger partial charge in [-0.05, 0) is 27.7 Å². The summed E-state index contributed by atoms with van der Waals surface area (Å²) in [4.78, 5) is 8.65. The highest BCUT2D eigenvalue weighted by molar-refractivity contribution is 5.42. The Hall–Kier alpha value is -2.28. The molecule has 0 aliphatic carbocycles. The van der Waals surface area contributed by atoms with Gasteiger partial charge in [0.2, 0.25) is 0 Å². The van der Waals surface area contributed by atoms with E-state index in [2.05, 4.69) is 51.4 Å². The maximum atomic E-state index is 4.48. The van der Waals surface area contributed by atoms with Crippen LogP contribution in [-0.2, 0) is 0 Å². The molecule has 0 amide bonds. The topological polar surface area (TPSA) is 83.8 Å². The molecule has 3 rings (SSSR count). The second-order valence-electron chi connectivity index (χ2n) is 5.34. The van der Waals surface area contributed by atoms with Gasteiger partial charge in [0.25, 0.3) is 0 Å². The predicted molar refractivity (Wildman–Crippen MR) is 78.8 cm³/mol. The van der Waals surface area contributed by atoms with Gasteiger partial charge >= 0.3 is 0 Å². The summed E-state index contributed by atoms with van der Waals surface area (Å²) in [6.45, 7) is 8.20. The van der Waals surface area contributed by atoms with E-state index in [1.807, 2.05) is 23.7 Å². The number of H-pyrrole nitrogens is 1. The van der Waals surface area contributed by atoms with Crippen molar-refractivity contribution in [1.29, 1.82) is 0 Å². The molecule has 0 radical (unpaired) electrons. The molecule has 0 spiro atoms. The molecule has 7 heteroatoms. The van der Waals surface area contributed by atoms with E-state index in [9.17, 15) is 0 Å². The summed E-state index contributed by atoms with van der Waals surface area (Å²) in [5, 5.41) is 14.7. The average Bonchev–Trinajstić information content (AvgIpc) is 3.07. The van der Waals surface area contributed by atoms with E-state index in [-0.39, 0.29) is 12.1 Å². The highest BCUT2D eigenvalue weighted by Crippen LogP contribution is 2.20. The zero-order valence-electron chi connectivity index (χ0n) is 12.6. The SMILES string of the molecule is Cc1cc2ncc(C(C)NC(C)c3ncn[nH]3)c(C)n2n1. The van der Waals surface area contributed by atoms with Crippen molar-refractivity contribution in [3.63, 3.8) is 0 Å². The third kappa shape index (κ3) is 2.52. The lowest BCUT2D eigenvalue weighted by Crippen LogP contribution is -2.24. The number of fused-ring (bicyclic) bond motifs is 1. The van der Waals surface area contributed by atoms with Gasteiger partial charge in [0, 0.05) is 29.6 Å². The minimum atomic E-state index is 0.0805. The summed E-state index contributed by atoms with van der Waals surface area (Å²) in [5.41, 5.74) is 4.07. The van der Waals surface area contributed by atoms with Gasteiger partial charge in [0.1, 0.15) is 12.2 Å². The average molecular weight is 285 g/mol. The fraction of sp³-hybridized carbons (Fsp3) is 0.429. The molecular weight excluding hydrogens is 266 g/mol. The summed E-state index contributed by atoms with van der Waals surface area (Å²) in [6, 6.07) is 2.19. The van der Waals surface area contributed by atoms with Crippen LogP contribution in [0.4, 0.5) is 0 Å². The zero-order chi connectivity index (χ0) is 15.0. The maximum absolute atomic E-state index is 4.48. The van der Waals surface area contributed by atoms with Crippen LogP contribution in [0.1, 0.15) is 48.7 Å². The smallest absolute Gasteiger partial charge is 0.155 e. The van der Waals surface area contributed by atoms with Gasteiger partial charge in [-0.3, -0.25) is 5.10 Å². The minimum absolute atomic E-state index is 0.0805. The van der Waals surface area contributed by atoms with Crippen molar-refractivity contribution in [1.82, 2.24) is 35.1 Å².